The van der Waals surface area contributed by atoms with Gasteiger partial charge in [0.15, 0.2) is 0 Å². The van der Waals surface area contributed by atoms with Gasteiger partial charge in [0.25, 0.3) is 0 Å². The Morgan fingerprint density at radius 1 is 1.20 bits per heavy atom. The predicted molar refractivity (Wildman–Crippen MR) is 62.8 cm³/mol. The lowest BCUT2D eigenvalue weighted by Crippen LogP contribution is -2.18. The van der Waals surface area contributed by atoms with Crippen molar-refractivity contribution in [3.8, 4) is 0 Å². The zero-order valence-corrected chi connectivity index (χ0v) is 9.28. The van der Waals surface area contributed by atoms with Crippen LogP contribution in [0.15, 0.2) is 24.5 Å². The summed E-state index contributed by atoms with van der Waals surface area (Å²) in [5.41, 5.74) is 1.41. The Labute approximate surface area is 92.1 Å². The van der Waals surface area contributed by atoms with Crippen molar-refractivity contribution in [2.45, 2.75) is 32.1 Å². The zero-order chi connectivity index (χ0) is 10.3. The highest BCUT2D eigenvalue weighted by Gasteiger charge is 2.19. The summed E-state index contributed by atoms with van der Waals surface area (Å²) >= 11 is 0. The first-order chi connectivity index (χ1) is 7.45. The van der Waals surface area contributed by atoms with Gasteiger partial charge in [-0.25, -0.2) is 0 Å². The third-order valence-electron chi connectivity index (χ3n) is 2.95. The van der Waals surface area contributed by atoms with Gasteiger partial charge in [-0.2, -0.15) is 0 Å². The maximum Gasteiger partial charge on any atom is 0.0270 e. The number of unbranched alkanes of at least 4 members (excludes halogenated alkanes) is 1. The summed E-state index contributed by atoms with van der Waals surface area (Å²) in [6.45, 7) is 2.43. The minimum absolute atomic E-state index is 1.00. The molecule has 82 valence electrons. The second-order valence-corrected chi connectivity index (χ2v) is 4.46. The van der Waals surface area contributed by atoms with Crippen LogP contribution in [0.4, 0.5) is 0 Å². The zero-order valence-electron chi connectivity index (χ0n) is 9.28. The molecule has 0 unspecified atom stereocenters. The van der Waals surface area contributed by atoms with E-state index in [2.05, 4.69) is 22.4 Å². The Balaban J connectivity index is 1.47. The summed E-state index contributed by atoms with van der Waals surface area (Å²) in [7, 11) is 0. The van der Waals surface area contributed by atoms with Gasteiger partial charge >= 0.3 is 0 Å². The van der Waals surface area contributed by atoms with Crippen LogP contribution in [-0.2, 0) is 6.42 Å². The maximum atomic E-state index is 4.02. The fraction of sp³-hybridized carbons (Fsp3) is 0.615. The van der Waals surface area contributed by atoms with E-state index in [1.807, 2.05) is 12.4 Å². The fourth-order valence-corrected chi connectivity index (χ4v) is 1.76. The van der Waals surface area contributed by atoms with Crippen LogP contribution >= 0.6 is 0 Å². The Morgan fingerprint density at radius 2 is 2.00 bits per heavy atom. The quantitative estimate of drug-likeness (QED) is 0.690. The number of rotatable bonds is 7. The smallest absolute Gasteiger partial charge is 0.0270 e. The van der Waals surface area contributed by atoms with Crippen molar-refractivity contribution < 1.29 is 0 Å². The van der Waals surface area contributed by atoms with Crippen LogP contribution in [0.2, 0.25) is 0 Å². The average molecular weight is 204 g/mol. The van der Waals surface area contributed by atoms with Crippen molar-refractivity contribution in [1.82, 2.24) is 10.3 Å². The molecule has 0 radical (unpaired) electrons. The number of aryl methyl sites for hydroxylation is 1. The molecule has 1 aliphatic rings. The lowest BCUT2D eigenvalue weighted by molar-refractivity contribution is 0.595. The van der Waals surface area contributed by atoms with Gasteiger partial charge < -0.3 is 5.32 Å². The molecule has 1 fully saturated rings. The highest BCUT2D eigenvalue weighted by molar-refractivity contribution is 5.09. The lowest BCUT2D eigenvalue weighted by Gasteiger charge is -2.03. The first-order valence-electron chi connectivity index (χ1n) is 6.05. The van der Waals surface area contributed by atoms with Crippen molar-refractivity contribution in [2.24, 2.45) is 5.92 Å². The fourth-order valence-electron chi connectivity index (χ4n) is 1.76. The Kier molecular flexibility index (Phi) is 4.15. The molecule has 0 aromatic carbocycles. The van der Waals surface area contributed by atoms with E-state index in [-0.39, 0.29) is 0 Å². The largest absolute Gasteiger partial charge is 0.316 e. The summed E-state index contributed by atoms with van der Waals surface area (Å²) in [4.78, 5) is 4.02. The molecular weight excluding hydrogens is 184 g/mol. The van der Waals surface area contributed by atoms with E-state index in [9.17, 15) is 0 Å². The maximum absolute atomic E-state index is 4.02. The Hall–Kier alpha value is -0.890. The number of pyridine rings is 1. The molecule has 1 heterocycles. The van der Waals surface area contributed by atoms with Crippen LogP contribution in [0.25, 0.3) is 0 Å². The van der Waals surface area contributed by atoms with Crippen molar-refractivity contribution in [3.63, 3.8) is 0 Å². The Morgan fingerprint density at radius 3 is 2.73 bits per heavy atom. The molecular formula is C13H20N2. The van der Waals surface area contributed by atoms with Crippen LogP contribution in [0.3, 0.4) is 0 Å². The average Bonchev–Trinajstić information content (AvgIpc) is 3.09. The van der Waals surface area contributed by atoms with Crippen LogP contribution in [0.5, 0.6) is 0 Å². The standard InChI is InChI=1S/C13H20N2/c1(2-8-15-11-13-4-5-13)3-12-6-9-14-10-7-12/h6-7,9-10,13,15H,1-5,8,11H2. The molecule has 1 aliphatic carbocycles. The molecule has 0 aliphatic heterocycles. The molecule has 0 amide bonds. The molecule has 0 atom stereocenters. The summed E-state index contributed by atoms with van der Waals surface area (Å²) < 4.78 is 0. The molecule has 1 saturated carbocycles. The van der Waals surface area contributed by atoms with Crippen LogP contribution in [-0.4, -0.2) is 18.1 Å². The van der Waals surface area contributed by atoms with E-state index >= 15 is 0 Å². The number of nitrogens with zero attached hydrogens (tertiary/aromatic N) is 1. The molecule has 2 heteroatoms. The van der Waals surface area contributed by atoms with Crippen molar-refractivity contribution >= 4 is 0 Å². The molecule has 2 rings (SSSR count). The van der Waals surface area contributed by atoms with Crippen LogP contribution in [0.1, 0.15) is 31.2 Å². The lowest BCUT2D eigenvalue weighted by atomic mass is 10.1. The molecule has 15 heavy (non-hydrogen) atoms. The Bertz CT molecular complexity index is 267. The van der Waals surface area contributed by atoms with Gasteiger partial charge in [-0.1, -0.05) is 0 Å². The first-order valence-corrected chi connectivity index (χ1v) is 6.05. The van der Waals surface area contributed by atoms with Gasteiger partial charge in [0, 0.05) is 12.4 Å². The van der Waals surface area contributed by atoms with E-state index in [1.54, 1.807) is 0 Å². The molecule has 1 aromatic rings. The highest BCUT2D eigenvalue weighted by Crippen LogP contribution is 2.27. The van der Waals surface area contributed by atoms with Gasteiger partial charge in [0.05, 0.1) is 0 Å². The summed E-state index contributed by atoms with van der Waals surface area (Å²) in [6, 6.07) is 4.22. The van der Waals surface area contributed by atoms with E-state index in [0.29, 0.717) is 0 Å². The second-order valence-electron chi connectivity index (χ2n) is 4.46. The molecule has 1 aromatic heterocycles. The van der Waals surface area contributed by atoms with Crippen LogP contribution < -0.4 is 5.32 Å². The number of hydrogen-bond acceptors (Lipinski definition) is 2. The van der Waals surface area contributed by atoms with Gasteiger partial charge in [0.1, 0.15) is 0 Å². The molecule has 0 saturated heterocycles. The second kappa shape index (κ2) is 5.86. The van der Waals surface area contributed by atoms with Crippen LogP contribution in [0, 0.1) is 5.92 Å². The van der Waals surface area contributed by atoms with Gasteiger partial charge in [-0.3, -0.25) is 4.98 Å². The molecule has 2 nitrogen and oxygen atoms in total. The monoisotopic (exact) mass is 204 g/mol. The SMILES string of the molecule is c1cc(CCCCNCC2CC2)ccn1. The minimum atomic E-state index is 1.00. The number of aromatic nitrogens is 1. The van der Waals surface area contributed by atoms with Crippen molar-refractivity contribution in [2.75, 3.05) is 13.1 Å². The van der Waals surface area contributed by atoms with Gasteiger partial charge in [-0.15, -0.1) is 0 Å². The summed E-state index contributed by atoms with van der Waals surface area (Å²) in [5, 5.41) is 3.52. The van der Waals surface area contributed by atoms with E-state index in [4.69, 9.17) is 0 Å². The van der Waals surface area contributed by atoms with Gasteiger partial charge in [0.2, 0.25) is 0 Å². The third-order valence-corrected chi connectivity index (χ3v) is 2.95. The van der Waals surface area contributed by atoms with E-state index in [1.165, 1.54) is 50.8 Å². The molecule has 1 N–H and O–H groups in total. The normalized spacial score (nSPS) is 15.5. The van der Waals surface area contributed by atoms with E-state index in [0.717, 1.165) is 5.92 Å². The topological polar surface area (TPSA) is 24.9 Å². The number of nitrogens with one attached hydrogen (secondary N) is 1. The van der Waals surface area contributed by atoms with Crippen molar-refractivity contribution in [1.29, 1.82) is 0 Å². The van der Waals surface area contributed by atoms with Gasteiger partial charge in [-0.05, 0) is 68.8 Å². The highest BCUT2D eigenvalue weighted by atomic mass is 14.9. The van der Waals surface area contributed by atoms with Crippen molar-refractivity contribution in [3.05, 3.63) is 30.1 Å². The summed E-state index contributed by atoms with van der Waals surface area (Å²) in [5.74, 6) is 1.00. The molecule has 0 bridgehead atoms. The van der Waals surface area contributed by atoms with E-state index < -0.39 is 0 Å². The summed E-state index contributed by atoms with van der Waals surface area (Å²) in [6.07, 6.45) is 10.4. The minimum Gasteiger partial charge on any atom is -0.316 e. The third kappa shape index (κ3) is 4.43. The predicted octanol–water partition coefficient (Wildman–Crippen LogP) is 2.40. The number of hydrogen-bond donors (Lipinski definition) is 1. The first kappa shape index (κ1) is 10.6. The molecule has 0 spiro atoms.